The van der Waals surface area contributed by atoms with E-state index < -0.39 is 30.2 Å². The largest absolute Gasteiger partial charge is 0.451 e. The summed E-state index contributed by atoms with van der Waals surface area (Å²) < 4.78 is 5.34. The maximum Gasteiger partial charge on any atom is 0.327 e. The molecular formula is C22H35N3O5. The molecule has 3 aliphatic rings. The molecule has 0 unspecified atom stereocenters. The van der Waals surface area contributed by atoms with E-state index in [-0.39, 0.29) is 23.8 Å². The van der Waals surface area contributed by atoms with E-state index in [0.717, 1.165) is 49.8 Å². The minimum Gasteiger partial charge on any atom is -0.451 e. The number of carbonyl (C=O) groups is 4. The highest BCUT2D eigenvalue weighted by Crippen LogP contribution is 2.38. The molecule has 3 atom stereocenters. The van der Waals surface area contributed by atoms with Crippen molar-refractivity contribution in [1.29, 1.82) is 0 Å². The summed E-state index contributed by atoms with van der Waals surface area (Å²) in [6.07, 6.45) is 7.77. The average molecular weight is 422 g/mol. The minimum atomic E-state index is -0.942. The van der Waals surface area contributed by atoms with Crippen molar-refractivity contribution in [1.82, 2.24) is 15.1 Å². The summed E-state index contributed by atoms with van der Waals surface area (Å²) >= 11 is 0. The molecule has 2 aliphatic carbocycles. The van der Waals surface area contributed by atoms with Gasteiger partial charge < -0.3 is 15.0 Å². The second kappa shape index (κ2) is 9.35. The Kier molecular flexibility index (Phi) is 7.03. The molecule has 0 radical (unpaired) electrons. The first kappa shape index (κ1) is 22.6. The molecule has 3 fully saturated rings. The van der Waals surface area contributed by atoms with Crippen LogP contribution in [0.25, 0.3) is 0 Å². The van der Waals surface area contributed by atoms with Gasteiger partial charge >= 0.3 is 12.0 Å². The minimum absolute atomic E-state index is 0.0258. The number of carbonyl (C=O) groups excluding carboxylic acids is 4. The van der Waals surface area contributed by atoms with Crippen molar-refractivity contribution in [3.63, 3.8) is 0 Å². The molecule has 168 valence electrons. The Morgan fingerprint density at radius 3 is 2.47 bits per heavy atom. The number of esters is 1. The smallest absolute Gasteiger partial charge is 0.327 e. The number of nitrogens with zero attached hydrogens (tertiary/aromatic N) is 2. The number of hydrogen-bond donors (Lipinski definition) is 1. The van der Waals surface area contributed by atoms with E-state index >= 15 is 0 Å². The van der Waals surface area contributed by atoms with Crippen LogP contribution in [0.2, 0.25) is 0 Å². The summed E-state index contributed by atoms with van der Waals surface area (Å²) in [5.74, 6) is -1.28. The lowest BCUT2D eigenvalue weighted by Crippen LogP contribution is -2.54. The Balaban J connectivity index is 1.58. The van der Waals surface area contributed by atoms with Crippen LogP contribution >= 0.6 is 0 Å². The van der Waals surface area contributed by atoms with Crippen molar-refractivity contribution in [3.8, 4) is 0 Å². The number of amides is 4. The average Bonchev–Trinajstić information content (AvgIpc) is 2.96. The van der Waals surface area contributed by atoms with E-state index in [2.05, 4.69) is 5.32 Å². The molecule has 8 heteroatoms. The van der Waals surface area contributed by atoms with Crippen LogP contribution in [0.5, 0.6) is 0 Å². The number of nitrogens with one attached hydrogen (secondary N) is 1. The van der Waals surface area contributed by atoms with Gasteiger partial charge in [-0.15, -0.1) is 0 Å². The van der Waals surface area contributed by atoms with Gasteiger partial charge in [0.1, 0.15) is 12.1 Å². The van der Waals surface area contributed by atoms with E-state index in [4.69, 9.17) is 4.74 Å². The zero-order chi connectivity index (χ0) is 21.9. The number of ether oxygens (including phenoxy) is 1. The molecule has 2 saturated carbocycles. The van der Waals surface area contributed by atoms with E-state index in [0.29, 0.717) is 13.0 Å². The highest BCUT2D eigenvalue weighted by atomic mass is 16.5. The van der Waals surface area contributed by atoms with E-state index in [9.17, 15) is 19.2 Å². The lowest BCUT2D eigenvalue weighted by Gasteiger charge is -2.36. The van der Waals surface area contributed by atoms with Gasteiger partial charge in [-0.25, -0.2) is 4.79 Å². The summed E-state index contributed by atoms with van der Waals surface area (Å²) in [5.41, 5.74) is -0.906. The van der Waals surface area contributed by atoms with E-state index in [1.807, 2.05) is 13.8 Å². The number of rotatable bonds is 6. The number of urea groups is 1. The predicted molar refractivity (Wildman–Crippen MR) is 110 cm³/mol. The third kappa shape index (κ3) is 4.32. The number of likely N-dealkylation sites (N-methyl/N-ethyl adjacent to an activating group) is 1. The SMILES string of the molecule is CCN(C(=O)[C@H](C)OC(=O)CN1C(=O)N[C@]2(CCCC[C@@H]2C)C1=O)C1CCCCC1. The lowest BCUT2D eigenvalue weighted by atomic mass is 9.73. The molecule has 1 heterocycles. The molecular weight excluding hydrogens is 386 g/mol. The van der Waals surface area contributed by atoms with Crippen molar-refractivity contribution in [2.24, 2.45) is 5.92 Å². The summed E-state index contributed by atoms with van der Waals surface area (Å²) in [7, 11) is 0. The Hall–Kier alpha value is -2.12. The van der Waals surface area contributed by atoms with Gasteiger partial charge in [-0.1, -0.05) is 39.0 Å². The third-order valence-corrected chi connectivity index (χ3v) is 7.08. The van der Waals surface area contributed by atoms with Gasteiger partial charge in [0.05, 0.1) is 0 Å². The summed E-state index contributed by atoms with van der Waals surface area (Å²) in [4.78, 5) is 53.5. The maximum atomic E-state index is 13.0. The zero-order valence-corrected chi connectivity index (χ0v) is 18.4. The van der Waals surface area contributed by atoms with Crippen LogP contribution in [0, 0.1) is 5.92 Å². The molecule has 3 rings (SSSR count). The Bertz CT molecular complexity index is 690. The number of hydrogen-bond acceptors (Lipinski definition) is 5. The van der Waals surface area contributed by atoms with Crippen LogP contribution in [0.4, 0.5) is 4.79 Å². The van der Waals surface area contributed by atoms with Crippen molar-refractivity contribution < 1.29 is 23.9 Å². The number of imide groups is 1. The Labute approximate surface area is 178 Å². The van der Waals surface area contributed by atoms with Crippen LogP contribution < -0.4 is 5.32 Å². The third-order valence-electron chi connectivity index (χ3n) is 7.08. The molecule has 0 bridgehead atoms. The highest BCUT2D eigenvalue weighted by molar-refractivity contribution is 6.09. The first-order chi connectivity index (χ1) is 14.3. The Morgan fingerprint density at radius 2 is 1.83 bits per heavy atom. The van der Waals surface area contributed by atoms with Crippen molar-refractivity contribution in [3.05, 3.63) is 0 Å². The van der Waals surface area contributed by atoms with Gasteiger partial charge in [-0.05, 0) is 45.4 Å². The van der Waals surface area contributed by atoms with Gasteiger partial charge in [0.2, 0.25) is 0 Å². The van der Waals surface area contributed by atoms with E-state index in [1.165, 1.54) is 6.42 Å². The standard InChI is InChI=1S/C22H35N3O5/c1-4-24(17-11-6-5-7-12-17)19(27)16(3)30-18(26)14-25-20(28)22(23-21(25)29)13-9-8-10-15(22)2/h15-17H,4-14H2,1-3H3,(H,23,29)/t15-,16-,22-/m0/s1. The summed E-state index contributed by atoms with van der Waals surface area (Å²) in [6.45, 7) is 5.55. The second-order valence-electron chi connectivity index (χ2n) is 8.99. The van der Waals surface area contributed by atoms with E-state index in [1.54, 1.807) is 11.8 Å². The summed E-state index contributed by atoms with van der Waals surface area (Å²) in [6, 6.07) is -0.363. The van der Waals surface area contributed by atoms with Crippen LogP contribution in [-0.2, 0) is 19.1 Å². The second-order valence-corrected chi connectivity index (χ2v) is 8.99. The molecule has 1 spiro atoms. The first-order valence-corrected chi connectivity index (χ1v) is 11.4. The molecule has 0 aromatic rings. The molecule has 8 nitrogen and oxygen atoms in total. The molecule has 0 aromatic heterocycles. The molecule has 30 heavy (non-hydrogen) atoms. The van der Waals surface area contributed by atoms with Gasteiger partial charge in [0.15, 0.2) is 6.10 Å². The van der Waals surface area contributed by atoms with Crippen LogP contribution in [0.1, 0.15) is 78.6 Å². The van der Waals surface area contributed by atoms with Crippen molar-refractivity contribution in [2.45, 2.75) is 96.2 Å². The quantitative estimate of drug-likeness (QED) is 0.525. The molecule has 4 amide bonds. The molecule has 1 N–H and O–H groups in total. The van der Waals surface area contributed by atoms with Gasteiger partial charge in [0, 0.05) is 12.6 Å². The van der Waals surface area contributed by atoms with Gasteiger partial charge in [-0.3, -0.25) is 19.3 Å². The topological polar surface area (TPSA) is 96.0 Å². The predicted octanol–water partition coefficient (Wildman–Crippen LogP) is 2.60. The lowest BCUT2D eigenvalue weighted by molar-refractivity contribution is -0.161. The Morgan fingerprint density at radius 1 is 1.17 bits per heavy atom. The van der Waals surface area contributed by atoms with Crippen molar-refractivity contribution >= 4 is 23.8 Å². The van der Waals surface area contributed by atoms with Crippen molar-refractivity contribution in [2.75, 3.05) is 13.1 Å². The molecule has 0 aromatic carbocycles. The first-order valence-electron chi connectivity index (χ1n) is 11.4. The fourth-order valence-corrected chi connectivity index (χ4v) is 5.27. The maximum absolute atomic E-state index is 13.0. The molecule has 1 aliphatic heterocycles. The fourth-order valence-electron chi connectivity index (χ4n) is 5.27. The van der Waals surface area contributed by atoms with Crippen LogP contribution in [-0.4, -0.2) is 64.4 Å². The zero-order valence-electron chi connectivity index (χ0n) is 18.4. The summed E-state index contributed by atoms with van der Waals surface area (Å²) in [5, 5.41) is 2.83. The van der Waals surface area contributed by atoms with Gasteiger partial charge in [0.25, 0.3) is 11.8 Å². The van der Waals surface area contributed by atoms with Crippen LogP contribution in [0.3, 0.4) is 0 Å². The normalized spacial score (nSPS) is 28.4. The fraction of sp³-hybridized carbons (Fsp3) is 0.818. The highest BCUT2D eigenvalue weighted by Gasteiger charge is 2.55. The van der Waals surface area contributed by atoms with Crippen LogP contribution in [0.15, 0.2) is 0 Å². The monoisotopic (exact) mass is 421 g/mol. The molecule has 1 saturated heterocycles. The van der Waals surface area contributed by atoms with Gasteiger partial charge in [-0.2, -0.15) is 0 Å².